The molecule has 1 aliphatic heterocycles. The molecule has 2 fully saturated rings. The molecule has 2 N–H and O–H groups in total. The van der Waals surface area contributed by atoms with Crippen molar-refractivity contribution in [3.63, 3.8) is 0 Å². The number of amides is 1. The maximum absolute atomic E-state index is 12.7. The third kappa shape index (κ3) is 2.35. The molecule has 2 aromatic rings. The van der Waals surface area contributed by atoms with Gasteiger partial charge in [0.1, 0.15) is 5.69 Å². The Balaban J connectivity index is 1.55. The van der Waals surface area contributed by atoms with Gasteiger partial charge in [-0.15, -0.1) is 0 Å². The van der Waals surface area contributed by atoms with Crippen LogP contribution in [-0.4, -0.2) is 43.4 Å². The maximum atomic E-state index is 12.7. The lowest BCUT2D eigenvalue weighted by atomic mass is 9.67. The van der Waals surface area contributed by atoms with E-state index >= 15 is 0 Å². The van der Waals surface area contributed by atoms with Crippen LogP contribution < -0.4 is 5.32 Å². The van der Waals surface area contributed by atoms with Crippen molar-refractivity contribution in [2.24, 2.45) is 11.8 Å². The highest BCUT2D eigenvalue weighted by Crippen LogP contribution is 2.44. The Kier molecular flexibility index (Phi) is 3.79. The van der Waals surface area contributed by atoms with Crippen LogP contribution in [0.4, 0.5) is 0 Å². The standard InChI is InChI=1S/C17H19ClN2O3/c1-22-8-11-14(10-6-7-23-16(10)11)20-17(21)15-13(18)9-4-2-3-5-12(9)19-15/h2-5,10-11,14,16,19H,6-8H2,1H3,(H,20,21)/t10-,11+,14+,16-/m0/s1. The summed E-state index contributed by atoms with van der Waals surface area (Å²) in [6.45, 7) is 1.35. The Morgan fingerprint density at radius 3 is 3.09 bits per heavy atom. The number of methoxy groups -OCH3 is 1. The Hall–Kier alpha value is -1.56. The van der Waals surface area contributed by atoms with Crippen LogP contribution in [0.5, 0.6) is 0 Å². The molecule has 1 aromatic heterocycles. The molecule has 1 saturated carbocycles. The minimum absolute atomic E-state index is 0.0810. The van der Waals surface area contributed by atoms with Crippen LogP contribution >= 0.6 is 11.6 Å². The van der Waals surface area contributed by atoms with Gasteiger partial charge in [0.05, 0.1) is 17.7 Å². The number of hydrogen-bond acceptors (Lipinski definition) is 3. The third-order valence-electron chi connectivity index (χ3n) is 5.05. The van der Waals surface area contributed by atoms with Gasteiger partial charge in [-0.3, -0.25) is 4.79 Å². The van der Waals surface area contributed by atoms with Crippen molar-refractivity contribution in [2.45, 2.75) is 18.6 Å². The average molecular weight is 335 g/mol. The average Bonchev–Trinajstić information content (AvgIpc) is 3.13. The van der Waals surface area contributed by atoms with E-state index in [1.807, 2.05) is 24.3 Å². The fourth-order valence-electron chi connectivity index (χ4n) is 3.92. The molecular weight excluding hydrogens is 316 g/mol. The topological polar surface area (TPSA) is 63.3 Å². The predicted molar refractivity (Wildman–Crippen MR) is 87.8 cm³/mol. The van der Waals surface area contributed by atoms with Crippen LogP contribution in [-0.2, 0) is 9.47 Å². The van der Waals surface area contributed by atoms with Gasteiger partial charge in [0.25, 0.3) is 5.91 Å². The van der Waals surface area contributed by atoms with E-state index < -0.39 is 0 Å². The fraction of sp³-hybridized carbons (Fsp3) is 0.471. The smallest absolute Gasteiger partial charge is 0.269 e. The number of aromatic nitrogens is 1. The summed E-state index contributed by atoms with van der Waals surface area (Å²) in [5.74, 6) is 0.421. The van der Waals surface area contributed by atoms with E-state index in [0.29, 0.717) is 23.2 Å². The number of aromatic amines is 1. The predicted octanol–water partition coefficient (Wildman–Crippen LogP) is 2.60. The highest BCUT2D eigenvalue weighted by atomic mass is 35.5. The van der Waals surface area contributed by atoms with Crippen molar-refractivity contribution >= 4 is 28.4 Å². The van der Waals surface area contributed by atoms with E-state index in [4.69, 9.17) is 21.1 Å². The van der Waals surface area contributed by atoms with Gasteiger partial charge < -0.3 is 19.8 Å². The van der Waals surface area contributed by atoms with E-state index in [1.54, 1.807) is 7.11 Å². The normalized spacial score (nSPS) is 29.3. The second-order valence-corrected chi connectivity index (χ2v) is 6.64. The summed E-state index contributed by atoms with van der Waals surface area (Å²) in [6.07, 6.45) is 1.19. The Morgan fingerprint density at radius 1 is 1.48 bits per heavy atom. The molecule has 1 saturated heterocycles. The monoisotopic (exact) mass is 334 g/mol. The molecular formula is C17H19ClN2O3. The van der Waals surface area contributed by atoms with E-state index in [2.05, 4.69) is 10.3 Å². The zero-order valence-corrected chi connectivity index (χ0v) is 13.6. The first kappa shape index (κ1) is 15.0. The van der Waals surface area contributed by atoms with Crippen LogP contribution in [0.3, 0.4) is 0 Å². The van der Waals surface area contributed by atoms with Crippen molar-refractivity contribution < 1.29 is 14.3 Å². The van der Waals surface area contributed by atoms with Crippen molar-refractivity contribution in [1.82, 2.24) is 10.3 Å². The molecule has 1 amide bonds. The van der Waals surface area contributed by atoms with Gasteiger partial charge >= 0.3 is 0 Å². The Bertz CT molecular complexity index is 745. The fourth-order valence-corrected chi connectivity index (χ4v) is 4.22. The van der Waals surface area contributed by atoms with Crippen LogP contribution in [0.15, 0.2) is 24.3 Å². The number of fused-ring (bicyclic) bond motifs is 2. The number of ether oxygens (including phenoxy) is 2. The number of benzene rings is 1. The summed E-state index contributed by atoms with van der Waals surface area (Å²) in [5.41, 5.74) is 1.29. The first-order valence-electron chi connectivity index (χ1n) is 7.88. The van der Waals surface area contributed by atoms with Gasteiger partial charge in [-0.1, -0.05) is 29.8 Å². The zero-order chi connectivity index (χ0) is 16.0. The van der Waals surface area contributed by atoms with Crippen LogP contribution in [0.1, 0.15) is 16.9 Å². The number of H-pyrrole nitrogens is 1. The molecule has 2 aliphatic rings. The summed E-state index contributed by atoms with van der Waals surface area (Å²) in [6, 6.07) is 7.72. The van der Waals surface area contributed by atoms with E-state index in [0.717, 1.165) is 23.9 Å². The number of nitrogens with one attached hydrogen (secondary N) is 2. The summed E-state index contributed by atoms with van der Waals surface area (Å²) in [7, 11) is 1.68. The maximum Gasteiger partial charge on any atom is 0.269 e. The Morgan fingerprint density at radius 2 is 2.30 bits per heavy atom. The summed E-state index contributed by atoms with van der Waals surface area (Å²) >= 11 is 6.36. The van der Waals surface area contributed by atoms with Gasteiger partial charge in [0.15, 0.2) is 0 Å². The summed E-state index contributed by atoms with van der Waals surface area (Å²) < 4.78 is 11.0. The molecule has 4 rings (SSSR count). The van der Waals surface area contributed by atoms with Crippen molar-refractivity contribution in [2.75, 3.05) is 20.3 Å². The van der Waals surface area contributed by atoms with Gasteiger partial charge in [0, 0.05) is 42.5 Å². The second-order valence-electron chi connectivity index (χ2n) is 6.27. The van der Waals surface area contributed by atoms with Crippen molar-refractivity contribution in [3.05, 3.63) is 35.0 Å². The minimum Gasteiger partial charge on any atom is -0.384 e. The van der Waals surface area contributed by atoms with Gasteiger partial charge in [0.2, 0.25) is 0 Å². The number of hydrogen-bond donors (Lipinski definition) is 2. The van der Waals surface area contributed by atoms with Gasteiger partial charge in [-0.25, -0.2) is 0 Å². The third-order valence-corrected chi connectivity index (χ3v) is 5.45. The number of carbonyl (C=O) groups is 1. The lowest BCUT2D eigenvalue weighted by Gasteiger charge is -2.47. The molecule has 0 unspecified atom stereocenters. The van der Waals surface area contributed by atoms with Crippen molar-refractivity contribution in [1.29, 1.82) is 0 Å². The first-order valence-corrected chi connectivity index (χ1v) is 8.26. The van der Waals surface area contributed by atoms with E-state index in [1.165, 1.54) is 0 Å². The lowest BCUT2D eigenvalue weighted by molar-refractivity contribution is -0.0810. The molecule has 4 atom stereocenters. The minimum atomic E-state index is -0.164. The molecule has 23 heavy (non-hydrogen) atoms. The van der Waals surface area contributed by atoms with Crippen LogP contribution in [0.2, 0.25) is 5.02 Å². The molecule has 0 radical (unpaired) electrons. The van der Waals surface area contributed by atoms with E-state index in [-0.39, 0.29) is 24.0 Å². The molecule has 0 spiro atoms. The summed E-state index contributed by atoms with van der Waals surface area (Å²) in [5, 5.41) is 4.46. The van der Waals surface area contributed by atoms with Crippen LogP contribution in [0.25, 0.3) is 10.9 Å². The highest BCUT2D eigenvalue weighted by Gasteiger charge is 2.54. The highest BCUT2D eigenvalue weighted by molar-refractivity contribution is 6.38. The zero-order valence-electron chi connectivity index (χ0n) is 12.8. The molecule has 1 aromatic carbocycles. The number of carbonyl (C=O) groups excluding carboxylic acids is 1. The largest absolute Gasteiger partial charge is 0.384 e. The molecule has 1 aliphatic carbocycles. The molecule has 6 heteroatoms. The number of rotatable bonds is 4. The van der Waals surface area contributed by atoms with Gasteiger partial charge in [-0.2, -0.15) is 0 Å². The number of halogens is 1. The summed E-state index contributed by atoms with van der Waals surface area (Å²) in [4.78, 5) is 15.8. The first-order chi connectivity index (χ1) is 11.2. The molecule has 5 nitrogen and oxygen atoms in total. The quantitative estimate of drug-likeness (QED) is 0.903. The van der Waals surface area contributed by atoms with E-state index in [9.17, 15) is 4.79 Å². The molecule has 122 valence electrons. The SMILES string of the molecule is COC[C@@H]1[C@H](NC(=O)c2[nH]c3ccccc3c2Cl)[C@@H]2CCO[C@H]12. The molecule has 0 bridgehead atoms. The lowest BCUT2D eigenvalue weighted by Crippen LogP contribution is -2.62. The molecule has 2 heterocycles. The Labute approximate surface area is 139 Å². The number of para-hydroxylation sites is 1. The van der Waals surface area contributed by atoms with Crippen molar-refractivity contribution in [3.8, 4) is 0 Å². The second kappa shape index (κ2) is 5.82. The van der Waals surface area contributed by atoms with Gasteiger partial charge in [-0.05, 0) is 12.5 Å². The van der Waals surface area contributed by atoms with Crippen LogP contribution in [0, 0.1) is 11.8 Å².